The van der Waals surface area contributed by atoms with E-state index in [-0.39, 0.29) is 6.61 Å². The third kappa shape index (κ3) is 5.14. The molecule has 0 aliphatic carbocycles. The molecule has 0 bridgehead atoms. The quantitative estimate of drug-likeness (QED) is 0.428. The van der Waals surface area contributed by atoms with Crippen molar-refractivity contribution in [1.29, 1.82) is 0 Å². The molecule has 1 aliphatic rings. The molecule has 5 atom stereocenters. The third-order valence-electron chi connectivity index (χ3n) is 2.64. The lowest BCUT2D eigenvalue weighted by atomic mass is 10.0. The van der Waals surface area contributed by atoms with E-state index >= 15 is 0 Å². The Hall–Kier alpha value is -1.38. The zero-order chi connectivity index (χ0) is 16.2. The lowest BCUT2D eigenvalue weighted by molar-refractivity contribution is -0.261. The number of carbonyl (C=O) groups excluding carboxylic acids is 3. The molecular weight excluding hydrogens is 308 g/mol. The molecule has 0 radical (unpaired) electrons. The molecule has 1 N–H and O–H groups in total. The highest BCUT2D eigenvalue weighted by molar-refractivity contribution is 6.21. The number of esters is 3. The standard InChI is InChI=1S/C12H17ClO8/c1-5(14)18-4-8-9(13)10(19-6(2)15)11(12(17)21-8)20-7(3)16/h8-12,17H,4H2,1-3H3/t8-,9+,10+,11-,12?/m1/s1. The summed E-state index contributed by atoms with van der Waals surface area (Å²) in [4.78, 5) is 33.0. The topological polar surface area (TPSA) is 108 Å². The lowest BCUT2D eigenvalue weighted by Crippen LogP contribution is -2.59. The van der Waals surface area contributed by atoms with Gasteiger partial charge in [0.2, 0.25) is 0 Å². The molecule has 1 unspecified atom stereocenters. The maximum atomic E-state index is 11.1. The van der Waals surface area contributed by atoms with Gasteiger partial charge in [-0.25, -0.2) is 0 Å². The number of aliphatic hydroxyl groups excluding tert-OH is 1. The lowest BCUT2D eigenvalue weighted by Gasteiger charge is -2.40. The maximum Gasteiger partial charge on any atom is 0.303 e. The van der Waals surface area contributed by atoms with Gasteiger partial charge in [-0.2, -0.15) is 0 Å². The van der Waals surface area contributed by atoms with Crippen LogP contribution in [0.4, 0.5) is 0 Å². The molecular formula is C12H17ClO8. The predicted octanol–water partition coefficient (Wildman–Crippen LogP) is -0.262. The molecule has 0 aromatic heterocycles. The van der Waals surface area contributed by atoms with Crippen LogP contribution in [-0.4, -0.2) is 59.6 Å². The van der Waals surface area contributed by atoms with Crippen molar-refractivity contribution in [2.75, 3.05) is 6.61 Å². The van der Waals surface area contributed by atoms with Crippen molar-refractivity contribution in [1.82, 2.24) is 0 Å². The Bertz CT molecular complexity index is 412. The van der Waals surface area contributed by atoms with Gasteiger partial charge < -0.3 is 24.1 Å². The predicted molar refractivity (Wildman–Crippen MR) is 68.3 cm³/mol. The van der Waals surface area contributed by atoms with Crippen LogP contribution < -0.4 is 0 Å². The van der Waals surface area contributed by atoms with Crippen molar-refractivity contribution in [3.63, 3.8) is 0 Å². The molecule has 0 aromatic rings. The van der Waals surface area contributed by atoms with E-state index in [1.807, 2.05) is 0 Å². The number of hydrogen-bond donors (Lipinski definition) is 1. The molecule has 1 aliphatic heterocycles. The van der Waals surface area contributed by atoms with Gasteiger partial charge in [-0.3, -0.25) is 14.4 Å². The van der Waals surface area contributed by atoms with Gasteiger partial charge >= 0.3 is 17.9 Å². The zero-order valence-electron chi connectivity index (χ0n) is 11.8. The largest absolute Gasteiger partial charge is 0.463 e. The average Bonchev–Trinajstić information content (AvgIpc) is 2.35. The minimum absolute atomic E-state index is 0.231. The van der Waals surface area contributed by atoms with E-state index in [1.54, 1.807) is 0 Å². The van der Waals surface area contributed by atoms with Crippen LogP contribution in [0.5, 0.6) is 0 Å². The van der Waals surface area contributed by atoms with Gasteiger partial charge in [-0.1, -0.05) is 0 Å². The van der Waals surface area contributed by atoms with Gasteiger partial charge in [-0.15, -0.1) is 11.6 Å². The highest BCUT2D eigenvalue weighted by Gasteiger charge is 2.49. The molecule has 8 nitrogen and oxygen atoms in total. The van der Waals surface area contributed by atoms with E-state index in [1.165, 1.54) is 6.92 Å². The highest BCUT2D eigenvalue weighted by Crippen LogP contribution is 2.29. The molecule has 21 heavy (non-hydrogen) atoms. The first kappa shape index (κ1) is 17.7. The second-order valence-electron chi connectivity index (χ2n) is 4.46. The number of ether oxygens (including phenoxy) is 4. The van der Waals surface area contributed by atoms with Crippen LogP contribution in [0.1, 0.15) is 20.8 Å². The van der Waals surface area contributed by atoms with Crippen molar-refractivity contribution >= 4 is 29.5 Å². The summed E-state index contributed by atoms with van der Waals surface area (Å²) >= 11 is 6.12. The molecule has 120 valence electrons. The Labute approximate surface area is 126 Å². The molecule has 1 fully saturated rings. The monoisotopic (exact) mass is 324 g/mol. The summed E-state index contributed by atoms with van der Waals surface area (Å²) in [5, 5.41) is 8.89. The van der Waals surface area contributed by atoms with Crippen LogP contribution >= 0.6 is 11.6 Å². The second-order valence-corrected chi connectivity index (χ2v) is 4.96. The minimum atomic E-state index is -1.56. The molecule has 0 aromatic carbocycles. The number of aliphatic hydroxyl groups is 1. The zero-order valence-corrected chi connectivity index (χ0v) is 12.5. The van der Waals surface area contributed by atoms with Gasteiger partial charge in [0.25, 0.3) is 0 Å². The molecule has 9 heteroatoms. The van der Waals surface area contributed by atoms with Gasteiger partial charge in [-0.05, 0) is 0 Å². The Balaban J connectivity index is 2.87. The average molecular weight is 325 g/mol. The maximum absolute atomic E-state index is 11.1. The Kier molecular flexibility index (Phi) is 6.38. The summed E-state index contributed by atoms with van der Waals surface area (Å²) in [6, 6.07) is 0. The molecule has 0 amide bonds. The summed E-state index contributed by atoms with van der Waals surface area (Å²) in [5.74, 6) is -1.91. The summed E-state index contributed by atoms with van der Waals surface area (Å²) in [6.45, 7) is 3.25. The number of rotatable bonds is 4. The Morgan fingerprint density at radius 3 is 2.05 bits per heavy atom. The molecule has 1 saturated heterocycles. The van der Waals surface area contributed by atoms with Crippen molar-refractivity contribution in [2.45, 2.75) is 50.8 Å². The third-order valence-corrected chi connectivity index (χ3v) is 3.17. The summed E-state index contributed by atoms with van der Waals surface area (Å²) in [5.41, 5.74) is 0. The first-order valence-electron chi connectivity index (χ1n) is 6.17. The van der Waals surface area contributed by atoms with Gasteiger partial charge in [0.1, 0.15) is 18.1 Å². The fourth-order valence-electron chi connectivity index (χ4n) is 1.86. The molecule has 1 rings (SSSR count). The van der Waals surface area contributed by atoms with Gasteiger partial charge in [0, 0.05) is 20.8 Å². The van der Waals surface area contributed by atoms with Crippen molar-refractivity contribution in [3.8, 4) is 0 Å². The first-order chi connectivity index (χ1) is 9.72. The number of carbonyl (C=O) groups is 3. The smallest absolute Gasteiger partial charge is 0.303 e. The van der Waals surface area contributed by atoms with Crippen LogP contribution in [0, 0.1) is 0 Å². The summed E-state index contributed by atoms with van der Waals surface area (Å²) in [6.07, 6.45) is -4.87. The fraction of sp³-hybridized carbons (Fsp3) is 0.750. The number of hydrogen-bond acceptors (Lipinski definition) is 8. The number of halogens is 1. The van der Waals surface area contributed by atoms with E-state index in [2.05, 4.69) is 0 Å². The summed E-state index contributed by atoms with van der Waals surface area (Å²) in [7, 11) is 0. The SMILES string of the molecule is CC(=O)OC[C@H]1OC(O)[C@H](OC(C)=O)[C@@H](OC(C)=O)[C@H]1Cl. The normalized spacial score (nSPS) is 32.1. The van der Waals surface area contributed by atoms with Crippen molar-refractivity contribution < 1.29 is 38.4 Å². The second kappa shape index (κ2) is 7.58. The minimum Gasteiger partial charge on any atom is -0.463 e. The number of alkyl halides is 1. The summed E-state index contributed by atoms with van der Waals surface area (Å²) < 4.78 is 19.8. The Morgan fingerprint density at radius 2 is 1.57 bits per heavy atom. The van der Waals surface area contributed by atoms with E-state index in [9.17, 15) is 19.5 Å². The molecule has 0 spiro atoms. The molecule has 0 saturated carbocycles. The van der Waals surface area contributed by atoms with Crippen LogP contribution in [0.15, 0.2) is 0 Å². The van der Waals surface area contributed by atoms with Crippen LogP contribution in [0.2, 0.25) is 0 Å². The fourth-order valence-corrected chi connectivity index (χ4v) is 2.18. The van der Waals surface area contributed by atoms with Gasteiger partial charge in [0.15, 0.2) is 18.5 Å². The Morgan fingerprint density at radius 1 is 1.05 bits per heavy atom. The van der Waals surface area contributed by atoms with Crippen molar-refractivity contribution in [3.05, 3.63) is 0 Å². The molecule has 1 heterocycles. The van der Waals surface area contributed by atoms with Crippen LogP contribution in [-0.2, 0) is 33.3 Å². The van der Waals surface area contributed by atoms with E-state index in [4.69, 9.17) is 30.5 Å². The van der Waals surface area contributed by atoms with Crippen molar-refractivity contribution in [2.24, 2.45) is 0 Å². The van der Waals surface area contributed by atoms with E-state index in [0.29, 0.717) is 0 Å². The van der Waals surface area contributed by atoms with Crippen LogP contribution in [0.3, 0.4) is 0 Å². The first-order valence-corrected chi connectivity index (χ1v) is 6.61. The van der Waals surface area contributed by atoms with Gasteiger partial charge in [0.05, 0.1) is 0 Å². The highest BCUT2D eigenvalue weighted by atomic mass is 35.5. The van der Waals surface area contributed by atoms with E-state index < -0.39 is 47.9 Å². The van der Waals surface area contributed by atoms with Crippen LogP contribution in [0.25, 0.3) is 0 Å². The van der Waals surface area contributed by atoms with E-state index in [0.717, 1.165) is 13.8 Å².